The summed E-state index contributed by atoms with van der Waals surface area (Å²) in [6.07, 6.45) is 5.28. The first kappa shape index (κ1) is 11.5. The van der Waals surface area contributed by atoms with Gasteiger partial charge in [-0.1, -0.05) is 6.07 Å². The van der Waals surface area contributed by atoms with E-state index in [2.05, 4.69) is 20.5 Å². The molecule has 0 atom stereocenters. The molecule has 0 saturated carbocycles. The molecule has 3 rings (SSSR count). The molecule has 96 valence electrons. The van der Waals surface area contributed by atoms with Crippen molar-refractivity contribution in [2.75, 3.05) is 0 Å². The number of carbonyl (C=O) groups is 1. The van der Waals surface area contributed by atoms with Gasteiger partial charge in [-0.2, -0.15) is 5.10 Å². The predicted molar refractivity (Wildman–Crippen MR) is 70.5 cm³/mol. The fourth-order valence-electron chi connectivity index (χ4n) is 1.91. The lowest BCUT2D eigenvalue weighted by Gasteiger charge is -2.05. The highest BCUT2D eigenvalue weighted by molar-refractivity contribution is 5.97. The zero-order valence-electron chi connectivity index (χ0n) is 10.4. The maximum Gasteiger partial charge on any atom is 0.251 e. The van der Waals surface area contributed by atoms with Crippen LogP contribution in [0.2, 0.25) is 0 Å². The van der Waals surface area contributed by atoms with E-state index in [-0.39, 0.29) is 5.91 Å². The minimum absolute atomic E-state index is 0.125. The second kappa shape index (κ2) is 4.56. The first-order chi connectivity index (χ1) is 9.24. The number of imidazole rings is 1. The Morgan fingerprint density at radius 3 is 3.16 bits per heavy atom. The second-order valence-corrected chi connectivity index (χ2v) is 4.31. The van der Waals surface area contributed by atoms with E-state index in [0.29, 0.717) is 12.1 Å². The molecule has 0 unspecified atom stereocenters. The number of aromatic amines is 1. The number of aryl methyl sites for hydroxylation is 1. The van der Waals surface area contributed by atoms with Crippen LogP contribution in [0.3, 0.4) is 0 Å². The molecule has 2 aromatic heterocycles. The summed E-state index contributed by atoms with van der Waals surface area (Å²) in [7, 11) is 1.89. The van der Waals surface area contributed by atoms with Crippen molar-refractivity contribution in [1.29, 1.82) is 0 Å². The molecular weight excluding hydrogens is 242 g/mol. The number of benzene rings is 1. The lowest BCUT2D eigenvalue weighted by Crippen LogP contribution is -2.24. The van der Waals surface area contributed by atoms with Crippen molar-refractivity contribution in [3.63, 3.8) is 0 Å². The van der Waals surface area contributed by atoms with Gasteiger partial charge in [0.15, 0.2) is 0 Å². The van der Waals surface area contributed by atoms with Crippen molar-refractivity contribution >= 4 is 16.8 Å². The standard InChI is InChI=1S/C13H13N5O/c1-18-5-4-14-12(18)8-15-13(19)9-2-3-10-7-16-17-11(10)6-9/h2-7H,8H2,1H3,(H,15,19)(H,16,17). The zero-order valence-corrected chi connectivity index (χ0v) is 10.4. The zero-order chi connectivity index (χ0) is 13.2. The van der Waals surface area contributed by atoms with Crippen molar-refractivity contribution in [3.8, 4) is 0 Å². The summed E-state index contributed by atoms with van der Waals surface area (Å²) in [5.41, 5.74) is 1.45. The number of rotatable bonds is 3. The molecule has 0 aliphatic heterocycles. The summed E-state index contributed by atoms with van der Waals surface area (Å²) in [6, 6.07) is 5.44. The first-order valence-electron chi connectivity index (χ1n) is 5.91. The normalized spacial score (nSPS) is 10.8. The van der Waals surface area contributed by atoms with E-state index < -0.39 is 0 Å². The monoisotopic (exact) mass is 255 g/mol. The molecule has 2 N–H and O–H groups in total. The van der Waals surface area contributed by atoms with Crippen molar-refractivity contribution < 1.29 is 4.79 Å². The van der Waals surface area contributed by atoms with Gasteiger partial charge in [-0.05, 0) is 12.1 Å². The van der Waals surface area contributed by atoms with Crippen LogP contribution in [0, 0.1) is 0 Å². The van der Waals surface area contributed by atoms with Gasteiger partial charge in [0.2, 0.25) is 0 Å². The van der Waals surface area contributed by atoms with Crippen LogP contribution in [0.5, 0.6) is 0 Å². The van der Waals surface area contributed by atoms with Crippen LogP contribution in [0.1, 0.15) is 16.2 Å². The quantitative estimate of drug-likeness (QED) is 0.739. The fourth-order valence-corrected chi connectivity index (χ4v) is 1.91. The number of amides is 1. The van der Waals surface area contributed by atoms with Gasteiger partial charge in [0.25, 0.3) is 5.91 Å². The SMILES string of the molecule is Cn1ccnc1CNC(=O)c1ccc2cn[nH]c2c1. The Bertz CT molecular complexity index is 727. The summed E-state index contributed by atoms with van der Waals surface area (Å²) in [5.74, 6) is 0.690. The molecule has 0 radical (unpaired) electrons. The summed E-state index contributed by atoms with van der Waals surface area (Å²) in [5, 5.41) is 10.6. The maximum atomic E-state index is 12.0. The van der Waals surface area contributed by atoms with Crippen LogP contribution in [0.4, 0.5) is 0 Å². The van der Waals surface area contributed by atoms with Gasteiger partial charge >= 0.3 is 0 Å². The maximum absolute atomic E-state index is 12.0. The molecule has 1 aromatic carbocycles. The molecule has 3 aromatic rings. The van der Waals surface area contributed by atoms with E-state index in [1.165, 1.54) is 0 Å². The lowest BCUT2D eigenvalue weighted by molar-refractivity contribution is 0.0949. The molecule has 0 aliphatic carbocycles. The molecule has 0 saturated heterocycles. The number of carbonyl (C=O) groups excluding carboxylic acids is 1. The Morgan fingerprint density at radius 1 is 1.47 bits per heavy atom. The molecule has 0 bridgehead atoms. The molecule has 2 heterocycles. The van der Waals surface area contributed by atoms with E-state index in [1.807, 2.05) is 23.9 Å². The molecule has 6 heteroatoms. The fraction of sp³-hybridized carbons (Fsp3) is 0.154. The van der Waals surface area contributed by atoms with E-state index in [0.717, 1.165) is 16.7 Å². The minimum atomic E-state index is -0.125. The molecule has 0 aliphatic rings. The van der Waals surface area contributed by atoms with Crippen molar-refractivity contribution in [2.45, 2.75) is 6.54 Å². The molecule has 0 spiro atoms. The van der Waals surface area contributed by atoms with Crippen LogP contribution >= 0.6 is 0 Å². The van der Waals surface area contributed by atoms with Gasteiger partial charge in [0.1, 0.15) is 5.82 Å². The molecule has 6 nitrogen and oxygen atoms in total. The van der Waals surface area contributed by atoms with E-state index in [9.17, 15) is 4.79 Å². The Hall–Kier alpha value is -2.63. The van der Waals surface area contributed by atoms with Crippen molar-refractivity contribution in [1.82, 2.24) is 25.1 Å². The number of hydrogen-bond acceptors (Lipinski definition) is 3. The van der Waals surface area contributed by atoms with Crippen LogP contribution in [-0.4, -0.2) is 25.7 Å². The smallest absolute Gasteiger partial charge is 0.251 e. The predicted octanol–water partition coefficient (Wildman–Crippen LogP) is 1.23. The van der Waals surface area contributed by atoms with E-state index in [4.69, 9.17) is 0 Å². The Labute approximate surface area is 109 Å². The largest absolute Gasteiger partial charge is 0.345 e. The summed E-state index contributed by atoms with van der Waals surface area (Å²) < 4.78 is 1.87. The van der Waals surface area contributed by atoms with Crippen molar-refractivity contribution in [3.05, 3.63) is 48.2 Å². The molecule has 19 heavy (non-hydrogen) atoms. The average Bonchev–Trinajstić information content (AvgIpc) is 3.03. The number of H-pyrrole nitrogens is 1. The first-order valence-corrected chi connectivity index (χ1v) is 5.91. The van der Waals surface area contributed by atoms with E-state index in [1.54, 1.807) is 24.5 Å². The summed E-state index contributed by atoms with van der Waals surface area (Å²) >= 11 is 0. The van der Waals surface area contributed by atoms with Crippen LogP contribution in [-0.2, 0) is 13.6 Å². The van der Waals surface area contributed by atoms with Crippen LogP contribution in [0.25, 0.3) is 10.9 Å². The third-order valence-electron chi connectivity index (χ3n) is 3.03. The van der Waals surface area contributed by atoms with Gasteiger partial charge < -0.3 is 9.88 Å². The molecule has 0 fully saturated rings. The topological polar surface area (TPSA) is 75.6 Å². The lowest BCUT2D eigenvalue weighted by atomic mass is 10.1. The highest BCUT2D eigenvalue weighted by Crippen LogP contribution is 2.12. The second-order valence-electron chi connectivity index (χ2n) is 4.31. The number of nitrogens with one attached hydrogen (secondary N) is 2. The number of nitrogens with zero attached hydrogens (tertiary/aromatic N) is 3. The van der Waals surface area contributed by atoms with Gasteiger partial charge in [0, 0.05) is 30.4 Å². The van der Waals surface area contributed by atoms with Crippen LogP contribution in [0.15, 0.2) is 36.8 Å². The third kappa shape index (κ3) is 2.20. The Balaban J connectivity index is 1.74. The number of hydrogen-bond donors (Lipinski definition) is 2. The molecule has 1 amide bonds. The third-order valence-corrected chi connectivity index (χ3v) is 3.03. The minimum Gasteiger partial charge on any atom is -0.345 e. The van der Waals surface area contributed by atoms with Gasteiger partial charge in [0.05, 0.1) is 18.3 Å². The highest BCUT2D eigenvalue weighted by Gasteiger charge is 2.08. The van der Waals surface area contributed by atoms with Crippen molar-refractivity contribution in [2.24, 2.45) is 7.05 Å². The average molecular weight is 255 g/mol. The van der Waals surface area contributed by atoms with E-state index >= 15 is 0 Å². The van der Waals surface area contributed by atoms with Gasteiger partial charge in [-0.3, -0.25) is 9.89 Å². The van der Waals surface area contributed by atoms with Gasteiger partial charge in [-0.25, -0.2) is 4.98 Å². The Morgan fingerprint density at radius 2 is 2.37 bits per heavy atom. The summed E-state index contributed by atoms with van der Waals surface area (Å²) in [4.78, 5) is 16.2. The molecular formula is C13H13N5O. The number of aromatic nitrogens is 4. The van der Waals surface area contributed by atoms with Gasteiger partial charge in [-0.15, -0.1) is 0 Å². The number of fused-ring (bicyclic) bond motifs is 1. The van der Waals surface area contributed by atoms with Crippen LogP contribution < -0.4 is 5.32 Å². The Kier molecular flexibility index (Phi) is 2.75. The highest BCUT2D eigenvalue weighted by atomic mass is 16.1. The summed E-state index contributed by atoms with van der Waals surface area (Å²) in [6.45, 7) is 0.406.